The molecule has 0 aromatic heterocycles. The van der Waals surface area contributed by atoms with E-state index in [1.807, 2.05) is 37.3 Å². The van der Waals surface area contributed by atoms with E-state index in [2.05, 4.69) is 0 Å². The van der Waals surface area contributed by atoms with Crippen LogP contribution in [0.4, 0.5) is 0 Å². The normalized spacial score (nSPS) is 12.7. The summed E-state index contributed by atoms with van der Waals surface area (Å²) in [6, 6.07) is 9.54. The fourth-order valence-electron chi connectivity index (χ4n) is 1.52. The van der Waals surface area contributed by atoms with Crippen LogP contribution in [0.15, 0.2) is 30.3 Å². The molecule has 0 bridgehead atoms. The summed E-state index contributed by atoms with van der Waals surface area (Å²) in [7, 11) is 1.99. The highest BCUT2D eigenvalue weighted by Gasteiger charge is 2.47. The van der Waals surface area contributed by atoms with Gasteiger partial charge in [-0.05, 0) is 19.1 Å². The van der Waals surface area contributed by atoms with E-state index >= 15 is 0 Å². The quantitative estimate of drug-likeness (QED) is 0.791. The van der Waals surface area contributed by atoms with Gasteiger partial charge in [0.15, 0.2) is 5.73 Å². The summed E-state index contributed by atoms with van der Waals surface area (Å²) in [6.45, 7) is 1.88. The number of hydrogen-bond acceptors (Lipinski definition) is 5. The van der Waals surface area contributed by atoms with Crippen molar-refractivity contribution in [2.45, 2.75) is 12.7 Å². The average Bonchev–Trinajstić information content (AvgIpc) is 2.33. The molecule has 1 aromatic rings. The lowest BCUT2D eigenvalue weighted by molar-refractivity contribution is 0.0736. The topological polar surface area (TPSA) is 71.9 Å². The Morgan fingerprint density at radius 1 is 0.941 bits per heavy atom. The van der Waals surface area contributed by atoms with Crippen molar-refractivity contribution in [2.24, 2.45) is 0 Å². The van der Waals surface area contributed by atoms with Gasteiger partial charge in [-0.25, -0.2) is 0 Å². The van der Waals surface area contributed by atoms with Crippen LogP contribution in [-0.4, -0.2) is 35.9 Å². The Morgan fingerprint density at radius 2 is 1.41 bits per heavy atom. The van der Waals surface area contributed by atoms with Gasteiger partial charge in [-0.1, -0.05) is 18.2 Å². The molecule has 1 rings (SSSR count). The highest BCUT2D eigenvalue weighted by Crippen LogP contribution is 2.18. The minimum atomic E-state index is -2.73. The van der Waals surface area contributed by atoms with Gasteiger partial charge in [0, 0.05) is 21.3 Å². The zero-order valence-corrected chi connectivity index (χ0v) is 11.8. The first-order valence-corrected chi connectivity index (χ1v) is 6.86. The molecule has 0 fully saturated rings. The van der Waals surface area contributed by atoms with Crippen molar-refractivity contribution in [3.05, 3.63) is 30.3 Å². The molecular formula is C11H21NO4Si. The SMILES string of the molecule is CO[Si](OC)(OC)C(C)Oc1ccccc1.N. The lowest BCUT2D eigenvalue weighted by Gasteiger charge is -2.30. The molecule has 17 heavy (non-hydrogen) atoms. The van der Waals surface area contributed by atoms with Crippen LogP contribution in [0, 0.1) is 0 Å². The fourth-order valence-corrected chi connectivity index (χ4v) is 3.30. The van der Waals surface area contributed by atoms with Crippen molar-refractivity contribution >= 4 is 8.80 Å². The summed E-state index contributed by atoms with van der Waals surface area (Å²) in [4.78, 5) is 0. The molecule has 6 heteroatoms. The molecular weight excluding hydrogens is 238 g/mol. The minimum Gasteiger partial charge on any atom is -0.486 e. The van der Waals surface area contributed by atoms with E-state index in [0.717, 1.165) is 5.75 Å². The molecule has 98 valence electrons. The summed E-state index contributed by atoms with van der Waals surface area (Å²) in [5, 5.41) is 0. The molecule has 3 N–H and O–H groups in total. The molecule has 0 heterocycles. The maximum Gasteiger partial charge on any atom is 0.542 e. The van der Waals surface area contributed by atoms with Gasteiger partial charge < -0.3 is 24.2 Å². The second kappa shape index (κ2) is 7.41. The van der Waals surface area contributed by atoms with Gasteiger partial charge in [0.05, 0.1) is 0 Å². The smallest absolute Gasteiger partial charge is 0.486 e. The van der Waals surface area contributed by atoms with Crippen LogP contribution in [0.1, 0.15) is 6.92 Å². The molecule has 0 saturated heterocycles. The summed E-state index contributed by atoms with van der Waals surface area (Å²) in [5.41, 5.74) is -0.255. The third-order valence-electron chi connectivity index (χ3n) is 2.41. The number of ether oxygens (including phenoxy) is 1. The van der Waals surface area contributed by atoms with Gasteiger partial charge in [-0.2, -0.15) is 0 Å². The number of benzene rings is 1. The Labute approximate surface area is 104 Å². The molecule has 0 aliphatic heterocycles. The summed E-state index contributed by atoms with van der Waals surface area (Å²) in [5.74, 6) is 0.776. The van der Waals surface area contributed by atoms with E-state index in [9.17, 15) is 0 Å². The Balaban J connectivity index is 0.00000256. The Morgan fingerprint density at radius 3 is 1.82 bits per heavy atom. The molecule has 5 nitrogen and oxygen atoms in total. The third kappa shape index (κ3) is 3.79. The zero-order valence-electron chi connectivity index (χ0n) is 10.8. The highest BCUT2D eigenvalue weighted by atomic mass is 28.4. The molecule has 0 saturated carbocycles. The van der Waals surface area contributed by atoms with E-state index in [4.69, 9.17) is 18.0 Å². The van der Waals surface area contributed by atoms with Crippen molar-refractivity contribution in [1.82, 2.24) is 6.15 Å². The molecule has 1 unspecified atom stereocenters. The van der Waals surface area contributed by atoms with Crippen LogP contribution < -0.4 is 10.9 Å². The van der Waals surface area contributed by atoms with Crippen LogP contribution in [0.2, 0.25) is 0 Å². The maximum atomic E-state index is 5.74. The van der Waals surface area contributed by atoms with Crippen LogP contribution in [-0.2, 0) is 13.3 Å². The predicted octanol–water partition coefficient (Wildman–Crippen LogP) is 2.03. The second-order valence-corrected chi connectivity index (χ2v) is 6.53. The molecule has 1 aromatic carbocycles. The van der Waals surface area contributed by atoms with Crippen molar-refractivity contribution in [3.8, 4) is 5.75 Å². The number of rotatable bonds is 6. The van der Waals surface area contributed by atoms with Crippen molar-refractivity contribution < 1.29 is 18.0 Å². The summed E-state index contributed by atoms with van der Waals surface area (Å²) in [6.07, 6.45) is 0. The number of para-hydroxylation sites is 1. The highest BCUT2D eigenvalue weighted by molar-refractivity contribution is 6.62. The van der Waals surface area contributed by atoms with Crippen molar-refractivity contribution in [1.29, 1.82) is 0 Å². The molecule has 0 spiro atoms. The molecule has 0 aliphatic carbocycles. The summed E-state index contributed by atoms with van der Waals surface area (Å²) >= 11 is 0. The largest absolute Gasteiger partial charge is 0.542 e. The molecule has 0 aliphatic rings. The van der Waals surface area contributed by atoms with Crippen LogP contribution in [0.3, 0.4) is 0 Å². The molecule has 1 atom stereocenters. The average molecular weight is 259 g/mol. The molecule has 0 radical (unpaired) electrons. The fraction of sp³-hybridized carbons (Fsp3) is 0.455. The standard InChI is InChI=1S/C11H18O4Si.H3N/c1-10(16(12-2,13-3)14-4)15-11-8-6-5-7-9-11;/h5-10H,1-4H3;1H3. The van der Waals surface area contributed by atoms with E-state index in [0.29, 0.717) is 0 Å². The monoisotopic (exact) mass is 259 g/mol. The first-order chi connectivity index (χ1) is 7.68. The van der Waals surface area contributed by atoms with Crippen LogP contribution in [0.5, 0.6) is 5.75 Å². The Bertz CT molecular complexity index is 297. The zero-order chi connectivity index (χ0) is 12.0. The van der Waals surface area contributed by atoms with Crippen LogP contribution >= 0.6 is 0 Å². The second-order valence-electron chi connectivity index (χ2n) is 3.29. The first kappa shape index (κ1) is 16.1. The van der Waals surface area contributed by atoms with Gasteiger partial charge in [-0.15, -0.1) is 0 Å². The van der Waals surface area contributed by atoms with E-state index in [1.54, 1.807) is 21.3 Å². The Kier molecular flexibility index (Phi) is 7.01. The van der Waals surface area contributed by atoms with Gasteiger partial charge in [-0.3, -0.25) is 0 Å². The van der Waals surface area contributed by atoms with E-state index in [-0.39, 0.29) is 11.9 Å². The van der Waals surface area contributed by atoms with Gasteiger partial charge in [0.2, 0.25) is 0 Å². The Hall–Kier alpha value is -0.923. The van der Waals surface area contributed by atoms with Gasteiger partial charge >= 0.3 is 8.80 Å². The molecule has 0 amide bonds. The minimum absolute atomic E-state index is 0. The lowest BCUT2D eigenvalue weighted by atomic mass is 10.3. The summed E-state index contributed by atoms with van der Waals surface area (Å²) < 4.78 is 21.8. The third-order valence-corrected chi connectivity index (χ3v) is 5.23. The number of hydrogen-bond donors (Lipinski definition) is 1. The van der Waals surface area contributed by atoms with E-state index in [1.165, 1.54) is 0 Å². The lowest BCUT2D eigenvalue weighted by Crippen LogP contribution is -2.55. The first-order valence-electron chi connectivity index (χ1n) is 5.05. The maximum absolute atomic E-state index is 5.74. The van der Waals surface area contributed by atoms with Crippen molar-refractivity contribution in [3.63, 3.8) is 0 Å². The van der Waals surface area contributed by atoms with Crippen molar-refractivity contribution in [2.75, 3.05) is 21.3 Å². The van der Waals surface area contributed by atoms with Gasteiger partial charge in [0.1, 0.15) is 5.75 Å². The van der Waals surface area contributed by atoms with Gasteiger partial charge in [0.25, 0.3) is 0 Å². The van der Waals surface area contributed by atoms with E-state index < -0.39 is 8.80 Å². The predicted molar refractivity (Wildman–Crippen MR) is 68.3 cm³/mol. The van der Waals surface area contributed by atoms with Crippen LogP contribution in [0.25, 0.3) is 0 Å².